The molecule has 1 saturated carbocycles. The Morgan fingerprint density at radius 1 is 1.59 bits per heavy atom. The van der Waals surface area contributed by atoms with Gasteiger partial charge < -0.3 is 10.8 Å². The summed E-state index contributed by atoms with van der Waals surface area (Å²) in [6.45, 7) is 1.92. The van der Waals surface area contributed by atoms with Crippen molar-refractivity contribution in [3.8, 4) is 0 Å². The van der Waals surface area contributed by atoms with Gasteiger partial charge in [-0.05, 0) is 19.8 Å². The van der Waals surface area contributed by atoms with E-state index in [1.807, 2.05) is 6.92 Å². The summed E-state index contributed by atoms with van der Waals surface area (Å²) in [4.78, 5) is 16.2. The predicted molar refractivity (Wildman–Crippen MR) is 67.2 cm³/mol. The van der Waals surface area contributed by atoms with Crippen LogP contribution in [-0.2, 0) is 4.79 Å². The fourth-order valence-electron chi connectivity index (χ4n) is 2.40. The van der Waals surface area contributed by atoms with Crippen molar-refractivity contribution in [2.45, 2.75) is 51.0 Å². The maximum atomic E-state index is 10.7. The van der Waals surface area contributed by atoms with E-state index < -0.39 is 12.0 Å². The molecule has 5 heteroatoms. The van der Waals surface area contributed by atoms with Crippen molar-refractivity contribution in [2.75, 3.05) is 0 Å². The molecular weight excluding hydrogens is 236 g/mol. The van der Waals surface area contributed by atoms with Gasteiger partial charge in [-0.1, -0.05) is 12.8 Å². The van der Waals surface area contributed by atoms with Crippen molar-refractivity contribution >= 4 is 17.3 Å². The van der Waals surface area contributed by atoms with Gasteiger partial charge in [0.2, 0.25) is 0 Å². The summed E-state index contributed by atoms with van der Waals surface area (Å²) in [5, 5.41) is 9.91. The molecule has 0 radical (unpaired) electrons. The fourth-order valence-corrected chi connectivity index (χ4v) is 3.64. The van der Waals surface area contributed by atoms with Crippen molar-refractivity contribution < 1.29 is 9.90 Å². The molecule has 1 aliphatic rings. The number of nitrogens with two attached hydrogens (primary N) is 1. The third-order valence-electron chi connectivity index (χ3n) is 3.28. The first-order chi connectivity index (χ1) is 8.08. The Bertz CT molecular complexity index is 411. The molecule has 1 heterocycles. The zero-order valence-electron chi connectivity index (χ0n) is 9.98. The van der Waals surface area contributed by atoms with E-state index >= 15 is 0 Å². The van der Waals surface area contributed by atoms with E-state index in [2.05, 4.69) is 4.98 Å². The number of thiazole rings is 1. The van der Waals surface area contributed by atoms with Crippen LogP contribution in [-0.4, -0.2) is 16.1 Å². The predicted octanol–water partition coefficient (Wildman–Crippen LogP) is 2.58. The summed E-state index contributed by atoms with van der Waals surface area (Å²) in [5.41, 5.74) is 6.81. The summed E-state index contributed by atoms with van der Waals surface area (Å²) in [5.74, 6) is -0.280. The van der Waals surface area contributed by atoms with Crippen molar-refractivity contribution in [2.24, 2.45) is 5.73 Å². The van der Waals surface area contributed by atoms with E-state index in [0.29, 0.717) is 5.92 Å². The number of carboxylic acids is 1. The van der Waals surface area contributed by atoms with E-state index in [1.165, 1.54) is 25.7 Å². The van der Waals surface area contributed by atoms with Crippen LogP contribution >= 0.6 is 11.3 Å². The highest BCUT2D eigenvalue weighted by Crippen LogP contribution is 2.38. The Hall–Kier alpha value is -0.940. The minimum Gasteiger partial charge on any atom is -0.481 e. The molecule has 1 atom stereocenters. The molecule has 1 unspecified atom stereocenters. The third-order valence-corrected chi connectivity index (χ3v) is 4.74. The number of aryl methyl sites for hydroxylation is 1. The van der Waals surface area contributed by atoms with Crippen LogP contribution in [0.25, 0.3) is 0 Å². The van der Waals surface area contributed by atoms with Crippen LogP contribution in [0.4, 0.5) is 0 Å². The number of nitrogens with zero attached hydrogens (tertiary/aromatic N) is 1. The van der Waals surface area contributed by atoms with Crippen LogP contribution < -0.4 is 5.73 Å². The van der Waals surface area contributed by atoms with Gasteiger partial charge in [-0.25, -0.2) is 4.98 Å². The lowest BCUT2D eigenvalue weighted by molar-refractivity contribution is -0.137. The van der Waals surface area contributed by atoms with Crippen LogP contribution in [0.1, 0.15) is 59.6 Å². The number of aliphatic carboxylic acids is 1. The fraction of sp³-hybridized carbons (Fsp3) is 0.667. The Morgan fingerprint density at radius 3 is 2.82 bits per heavy atom. The quantitative estimate of drug-likeness (QED) is 0.865. The summed E-state index contributed by atoms with van der Waals surface area (Å²) in [7, 11) is 0. The molecule has 1 aliphatic carbocycles. The number of carbonyl (C=O) groups is 1. The highest BCUT2D eigenvalue weighted by atomic mass is 32.1. The van der Waals surface area contributed by atoms with Crippen molar-refractivity contribution in [3.05, 3.63) is 15.6 Å². The molecule has 94 valence electrons. The molecule has 0 spiro atoms. The van der Waals surface area contributed by atoms with Gasteiger partial charge in [0.05, 0.1) is 23.2 Å². The Kier molecular flexibility index (Phi) is 3.79. The lowest BCUT2D eigenvalue weighted by Crippen LogP contribution is -2.14. The van der Waals surface area contributed by atoms with Crippen LogP contribution in [0.15, 0.2) is 0 Å². The average molecular weight is 254 g/mol. The molecule has 1 aromatic rings. The van der Waals surface area contributed by atoms with Gasteiger partial charge in [0, 0.05) is 10.8 Å². The average Bonchev–Trinajstić information content (AvgIpc) is 2.84. The second-order valence-corrected chi connectivity index (χ2v) is 5.75. The van der Waals surface area contributed by atoms with Gasteiger partial charge in [-0.2, -0.15) is 0 Å². The van der Waals surface area contributed by atoms with Gasteiger partial charge in [-0.15, -0.1) is 11.3 Å². The van der Waals surface area contributed by atoms with E-state index in [1.54, 1.807) is 11.3 Å². The zero-order valence-corrected chi connectivity index (χ0v) is 10.8. The molecule has 0 saturated heterocycles. The molecule has 0 bridgehead atoms. The monoisotopic (exact) mass is 254 g/mol. The zero-order chi connectivity index (χ0) is 12.4. The van der Waals surface area contributed by atoms with Crippen molar-refractivity contribution in [1.29, 1.82) is 0 Å². The van der Waals surface area contributed by atoms with E-state index in [9.17, 15) is 4.79 Å². The smallest absolute Gasteiger partial charge is 0.305 e. The van der Waals surface area contributed by atoms with E-state index in [4.69, 9.17) is 10.8 Å². The molecule has 3 N–H and O–H groups in total. The minimum atomic E-state index is -0.854. The highest BCUT2D eigenvalue weighted by Gasteiger charge is 2.24. The van der Waals surface area contributed by atoms with Crippen molar-refractivity contribution in [3.63, 3.8) is 0 Å². The van der Waals surface area contributed by atoms with Gasteiger partial charge >= 0.3 is 5.97 Å². The molecule has 17 heavy (non-hydrogen) atoms. The first kappa shape index (κ1) is 12.5. The number of rotatable bonds is 4. The topological polar surface area (TPSA) is 76.2 Å². The maximum absolute atomic E-state index is 10.7. The first-order valence-corrected chi connectivity index (χ1v) is 6.84. The molecule has 0 aliphatic heterocycles. The van der Waals surface area contributed by atoms with Gasteiger partial charge in [0.25, 0.3) is 0 Å². The number of aromatic nitrogens is 1. The molecule has 2 rings (SSSR count). The molecule has 4 nitrogen and oxygen atoms in total. The number of hydrogen-bond donors (Lipinski definition) is 2. The Balaban J connectivity index is 2.14. The van der Waals surface area contributed by atoms with Crippen LogP contribution in [0.3, 0.4) is 0 Å². The second-order valence-electron chi connectivity index (χ2n) is 4.69. The minimum absolute atomic E-state index is 0.0207. The van der Waals surface area contributed by atoms with Crippen molar-refractivity contribution in [1.82, 2.24) is 4.98 Å². The second kappa shape index (κ2) is 5.14. The Labute approximate surface area is 105 Å². The normalized spacial score (nSPS) is 18.5. The lowest BCUT2D eigenvalue weighted by atomic mass is 10.1. The maximum Gasteiger partial charge on any atom is 0.305 e. The summed E-state index contributed by atoms with van der Waals surface area (Å²) in [6, 6.07) is -0.417. The largest absolute Gasteiger partial charge is 0.481 e. The van der Waals surface area contributed by atoms with E-state index in [-0.39, 0.29) is 6.42 Å². The first-order valence-electron chi connectivity index (χ1n) is 6.02. The van der Waals surface area contributed by atoms with Gasteiger partial charge in [-0.3, -0.25) is 4.79 Å². The summed E-state index contributed by atoms with van der Waals surface area (Å²) >= 11 is 1.61. The number of carboxylic acid groups (broad SMARTS) is 1. The van der Waals surface area contributed by atoms with Crippen LogP contribution in [0, 0.1) is 6.92 Å². The summed E-state index contributed by atoms with van der Waals surface area (Å²) < 4.78 is 0. The molecule has 1 fully saturated rings. The molecular formula is C12H18N2O2S. The molecule has 0 aromatic carbocycles. The summed E-state index contributed by atoms with van der Waals surface area (Å²) in [6.07, 6.45) is 4.95. The Morgan fingerprint density at radius 2 is 2.24 bits per heavy atom. The van der Waals surface area contributed by atoms with Gasteiger partial charge in [0.1, 0.15) is 0 Å². The molecule has 1 aromatic heterocycles. The van der Waals surface area contributed by atoms with Crippen LogP contribution in [0.5, 0.6) is 0 Å². The van der Waals surface area contributed by atoms with Gasteiger partial charge in [0.15, 0.2) is 0 Å². The number of hydrogen-bond acceptors (Lipinski definition) is 4. The van der Waals surface area contributed by atoms with Crippen LogP contribution in [0.2, 0.25) is 0 Å². The lowest BCUT2D eigenvalue weighted by Gasteiger charge is -2.06. The standard InChI is InChI=1S/C12H18N2O2S/c1-7-11(9(13)6-10(15)16)17-12(14-7)8-4-2-3-5-8/h8-9H,2-6,13H2,1H3,(H,15,16). The SMILES string of the molecule is Cc1nc(C2CCCC2)sc1C(N)CC(=O)O. The van der Waals surface area contributed by atoms with E-state index in [0.717, 1.165) is 15.6 Å². The third kappa shape index (κ3) is 2.84. The molecule has 0 amide bonds. The highest BCUT2D eigenvalue weighted by molar-refractivity contribution is 7.12.